The minimum atomic E-state index is -0.226. The Bertz CT molecular complexity index is 655. The van der Waals surface area contributed by atoms with Crippen LogP contribution in [0.15, 0.2) is 0 Å². The van der Waals surface area contributed by atoms with Gasteiger partial charge in [-0.15, -0.1) is 0 Å². The SMILES string of the molecule is C[C@H](CCC(=O)NCCO)[C@H]1CC[C@H]2[C@@H]3[C@H](O)C[C@@H]4C[C@H](O)CC[C@]4(C)[C@H]3CC[C@]12C. The van der Waals surface area contributed by atoms with Crippen LogP contribution in [0.2, 0.25) is 0 Å². The standard InChI is InChI=1S/C26H45NO4/c1-16(4-7-23(31)27-12-13-28)19-5-6-20-24-21(9-11-26(19,20)3)25(2)10-8-18(29)14-17(25)15-22(24)30/h16-22,24,28-30H,4-15H2,1-3H3,(H,27,31)/t16-,17+,18-,19-,20+,21+,22-,24+,25+,26-/m1/s1. The second-order valence-electron chi connectivity index (χ2n) is 12.0. The zero-order valence-electron chi connectivity index (χ0n) is 19.9. The smallest absolute Gasteiger partial charge is 0.220 e. The lowest BCUT2D eigenvalue weighted by Crippen LogP contribution is -2.58. The maximum Gasteiger partial charge on any atom is 0.220 e. The Labute approximate surface area is 188 Å². The normalized spacial score (nSPS) is 47.7. The van der Waals surface area contributed by atoms with Gasteiger partial charge in [0.2, 0.25) is 5.91 Å². The summed E-state index contributed by atoms with van der Waals surface area (Å²) in [6, 6.07) is 0. The van der Waals surface area contributed by atoms with Crippen LogP contribution < -0.4 is 5.32 Å². The van der Waals surface area contributed by atoms with E-state index in [0.717, 1.165) is 32.1 Å². The number of rotatable bonds is 6. The third-order valence-electron chi connectivity index (χ3n) is 10.7. The molecule has 5 heteroatoms. The number of nitrogens with one attached hydrogen (secondary N) is 1. The fourth-order valence-electron chi connectivity index (χ4n) is 9.02. The summed E-state index contributed by atoms with van der Waals surface area (Å²) in [4.78, 5) is 12.0. The van der Waals surface area contributed by atoms with Gasteiger partial charge in [0.05, 0.1) is 18.8 Å². The lowest BCUT2D eigenvalue weighted by molar-refractivity contribution is -0.174. The van der Waals surface area contributed by atoms with Gasteiger partial charge < -0.3 is 20.6 Å². The van der Waals surface area contributed by atoms with Crippen molar-refractivity contribution in [2.24, 2.45) is 46.3 Å². The van der Waals surface area contributed by atoms with Crippen molar-refractivity contribution in [1.82, 2.24) is 5.32 Å². The second-order valence-corrected chi connectivity index (χ2v) is 12.0. The zero-order valence-corrected chi connectivity index (χ0v) is 19.9. The third-order valence-corrected chi connectivity index (χ3v) is 10.7. The van der Waals surface area contributed by atoms with E-state index in [4.69, 9.17) is 5.11 Å². The summed E-state index contributed by atoms with van der Waals surface area (Å²) in [6.45, 7) is 7.61. The highest BCUT2D eigenvalue weighted by Crippen LogP contribution is 2.68. The van der Waals surface area contributed by atoms with E-state index in [9.17, 15) is 15.0 Å². The number of fused-ring (bicyclic) bond motifs is 5. The van der Waals surface area contributed by atoms with Crippen LogP contribution >= 0.6 is 0 Å². The summed E-state index contributed by atoms with van der Waals surface area (Å²) in [7, 11) is 0. The van der Waals surface area contributed by atoms with E-state index in [-0.39, 0.29) is 35.6 Å². The first-order valence-electron chi connectivity index (χ1n) is 12.9. The largest absolute Gasteiger partial charge is 0.395 e. The molecule has 4 fully saturated rings. The summed E-state index contributed by atoms with van der Waals surface area (Å²) in [6.07, 6.45) is 9.68. The highest BCUT2D eigenvalue weighted by molar-refractivity contribution is 5.75. The summed E-state index contributed by atoms with van der Waals surface area (Å²) in [5, 5.41) is 33.3. The molecule has 0 aliphatic heterocycles. The van der Waals surface area contributed by atoms with Crippen LogP contribution in [0, 0.1) is 46.3 Å². The van der Waals surface area contributed by atoms with Gasteiger partial charge in [-0.1, -0.05) is 20.8 Å². The molecule has 0 spiro atoms. The van der Waals surface area contributed by atoms with Crippen LogP contribution in [0.4, 0.5) is 0 Å². The van der Waals surface area contributed by atoms with Gasteiger partial charge in [0, 0.05) is 13.0 Å². The Morgan fingerprint density at radius 2 is 1.74 bits per heavy atom. The van der Waals surface area contributed by atoms with Crippen LogP contribution in [0.3, 0.4) is 0 Å². The van der Waals surface area contributed by atoms with Crippen molar-refractivity contribution in [2.45, 2.75) is 97.2 Å². The van der Waals surface area contributed by atoms with Gasteiger partial charge >= 0.3 is 0 Å². The number of hydrogen-bond acceptors (Lipinski definition) is 4. The fourth-order valence-corrected chi connectivity index (χ4v) is 9.02. The molecule has 4 saturated carbocycles. The maximum atomic E-state index is 12.0. The minimum Gasteiger partial charge on any atom is -0.395 e. The number of amides is 1. The molecule has 178 valence electrons. The van der Waals surface area contributed by atoms with Crippen LogP contribution in [0.5, 0.6) is 0 Å². The minimum absolute atomic E-state index is 0.00666. The number of carbonyl (C=O) groups excluding carboxylic acids is 1. The Hall–Kier alpha value is -0.650. The molecule has 5 nitrogen and oxygen atoms in total. The summed E-state index contributed by atoms with van der Waals surface area (Å²) >= 11 is 0. The van der Waals surface area contributed by atoms with Crippen molar-refractivity contribution in [3.63, 3.8) is 0 Å². The molecule has 0 saturated heterocycles. The van der Waals surface area contributed by atoms with Crippen LogP contribution in [-0.2, 0) is 4.79 Å². The van der Waals surface area contributed by atoms with E-state index in [1.807, 2.05) is 0 Å². The first-order chi connectivity index (χ1) is 14.7. The quantitative estimate of drug-likeness (QED) is 0.514. The van der Waals surface area contributed by atoms with Gasteiger partial charge in [-0.05, 0) is 104 Å². The molecule has 4 aliphatic carbocycles. The molecule has 31 heavy (non-hydrogen) atoms. The van der Waals surface area contributed by atoms with E-state index in [2.05, 4.69) is 26.1 Å². The monoisotopic (exact) mass is 435 g/mol. The summed E-state index contributed by atoms with van der Waals surface area (Å²) < 4.78 is 0. The highest BCUT2D eigenvalue weighted by Gasteiger charge is 2.62. The Kier molecular flexibility index (Phi) is 6.78. The van der Waals surface area contributed by atoms with Gasteiger partial charge in [-0.3, -0.25) is 4.79 Å². The predicted octanol–water partition coefficient (Wildman–Crippen LogP) is 3.50. The molecule has 1 amide bonds. The molecule has 4 N–H and O–H groups in total. The molecule has 0 aromatic rings. The van der Waals surface area contributed by atoms with Crippen molar-refractivity contribution in [3.8, 4) is 0 Å². The predicted molar refractivity (Wildman–Crippen MR) is 121 cm³/mol. The van der Waals surface area contributed by atoms with Crippen molar-refractivity contribution in [3.05, 3.63) is 0 Å². The van der Waals surface area contributed by atoms with Gasteiger partial charge in [-0.2, -0.15) is 0 Å². The molecule has 0 radical (unpaired) electrons. The average Bonchev–Trinajstić information content (AvgIpc) is 3.09. The zero-order chi connectivity index (χ0) is 22.4. The Balaban J connectivity index is 1.46. The van der Waals surface area contributed by atoms with Gasteiger partial charge in [0.15, 0.2) is 0 Å². The molecule has 4 aliphatic rings. The van der Waals surface area contributed by atoms with Crippen LogP contribution in [0.25, 0.3) is 0 Å². The number of hydrogen-bond donors (Lipinski definition) is 4. The third kappa shape index (κ3) is 4.08. The number of aliphatic hydroxyl groups excluding tert-OH is 3. The van der Waals surface area contributed by atoms with Gasteiger partial charge in [-0.25, -0.2) is 0 Å². The van der Waals surface area contributed by atoms with Crippen LogP contribution in [0.1, 0.15) is 85.0 Å². The maximum absolute atomic E-state index is 12.0. The van der Waals surface area contributed by atoms with E-state index in [0.29, 0.717) is 48.5 Å². The first kappa shape index (κ1) is 23.5. The van der Waals surface area contributed by atoms with Crippen molar-refractivity contribution in [1.29, 1.82) is 0 Å². The Morgan fingerprint density at radius 3 is 2.48 bits per heavy atom. The molecule has 0 aromatic carbocycles. The topological polar surface area (TPSA) is 89.8 Å². The van der Waals surface area contributed by atoms with Gasteiger partial charge in [0.1, 0.15) is 0 Å². The van der Waals surface area contributed by atoms with E-state index in [1.54, 1.807) is 0 Å². The highest BCUT2D eigenvalue weighted by atomic mass is 16.3. The van der Waals surface area contributed by atoms with Crippen molar-refractivity contribution < 1.29 is 20.1 Å². The molecule has 0 heterocycles. The molecule has 0 aromatic heterocycles. The molecule has 4 rings (SSSR count). The fraction of sp³-hybridized carbons (Fsp3) is 0.962. The Morgan fingerprint density at radius 1 is 1.03 bits per heavy atom. The van der Waals surface area contributed by atoms with Gasteiger partial charge in [0.25, 0.3) is 0 Å². The molecule has 10 atom stereocenters. The molecular formula is C26H45NO4. The lowest BCUT2D eigenvalue weighted by Gasteiger charge is -2.62. The van der Waals surface area contributed by atoms with Crippen molar-refractivity contribution in [2.75, 3.05) is 13.2 Å². The molecule has 0 bridgehead atoms. The summed E-state index contributed by atoms with van der Waals surface area (Å²) in [5.41, 5.74) is 0.541. The van der Waals surface area contributed by atoms with E-state index >= 15 is 0 Å². The average molecular weight is 436 g/mol. The lowest BCUT2D eigenvalue weighted by atomic mass is 9.43. The van der Waals surface area contributed by atoms with Crippen molar-refractivity contribution >= 4 is 5.91 Å². The van der Waals surface area contributed by atoms with E-state index in [1.165, 1.54) is 25.7 Å². The summed E-state index contributed by atoms with van der Waals surface area (Å²) in [5.74, 6) is 3.21. The first-order valence-corrected chi connectivity index (χ1v) is 12.9. The second kappa shape index (κ2) is 8.95. The molecular weight excluding hydrogens is 390 g/mol. The number of aliphatic hydroxyl groups is 3. The number of carbonyl (C=O) groups is 1. The molecule has 0 unspecified atom stereocenters. The van der Waals surface area contributed by atoms with Crippen LogP contribution in [-0.4, -0.2) is 46.6 Å². The van der Waals surface area contributed by atoms with E-state index < -0.39 is 0 Å².